The molecule has 4 aromatic rings. The second-order valence-corrected chi connectivity index (χ2v) is 10.9. The Morgan fingerprint density at radius 2 is 0.894 bits per heavy atom. The number of benzene rings is 2. The van der Waals surface area contributed by atoms with Gasteiger partial charge in [0.1, 0.15) is 0 Å². The van der Waals surface area contributed by atoms with Crippen molar-refractivity contribution in [2.45, 2.75) is 67.0 Å². The zero-order valence-corrected chi connectivity index (χ0v) is 28.3. The molecule has 0 saturated carbocycles. The molecule has 0 spiro atoms. The molecule has 0 radical (unpaired) electrons. The van der Waals surface area contributed by atoms with Crippen molar-refractivity contribution in [1.82, 2.24) is 9.13 Å². The Hall–Kier alpha value is -3.69. The summed E-state index contributed by atoms with van der Waals surface area (Å²) in [4.78, 5) is 0. The van der Waals surface area contributed by atoms with Gasteiger partial charge in [0.2, 0.25) is 0 Å². The predicted octanol–water partition coefficient (Wildman–Crippen LogP) is 9.01. The maximum atomic E-state index is 13.8. The van der Waals surface area contributed by atoms with E-state index < -0.39 is 23.3 Å². The van der Waals surface area contributed by atoms with E-state index in [9.17, 15) is 17.6 Å². The van der Waals surface area contributed by atoms with Crippen LogP contribution in [-0.2, 0) is 57.6 Å². The van der Waals surface area contributed by atoms with Gasteiger partial charge in [-0.3, -0.25) is 12.2 Å². The monoisotopic (exact) mass is 674 g/mol. The number of allylic oxidation sites excluding steroid dienone is 8. The molecule has 47 heavy (non-hydrogen) atoms. The van der Waals surface area contributed by atoms with Gasteiger partial charge >= 0.3 is 21.7 Å². The van der Waals surface area contributed by atoms with Crippen LogP contribution < -0.4 is 0 Å². The summed E-state index contributed by atoms with van der Waals surface area (Å²) in [7, 11) is 0. The van der Waals surface area contributed by atoms with Crippen molar-refractivity contribution in [3.05, 3.63) is 153 Å². The SMILES string of the molecule is Cc1c2c(c(C)n1-c1ccc(F)[c-]c1F)COC2.Cc1c2c(c(C)n1-c1ccc(F)[c-]c1F)COC2.[C-]1=CC=CC1.[C-]1=CC=CC1.[Ti+4]. The van der Waals surface area contributed by atoms with E-state index in [0.717, 1.165) is 57.9 Å². The van der Waals surface area contributed by atoms with E-state index in [1.807, 2.05) is 52.0 Å². The van der Waals surface area contributed by atoms with E-state index in [1.54, 1.807) is 9.13 Å². The Kier molecular flexibility index (Phi) is 12.6. The Morgan fingerprint density at radius 3 is 1.13 bits per heavy atom. The minimum Gasteiger partial charge on any atom is -0.372 e. The van der Waals surface area contributed by atoms with E-state index in [2.05, 4.69) is 36.4 Å². The molecule has 4 aliphatic rings. The zero-order chi connectivity index (χ0) is 32.8. The number of rotatable bonds is 2. The van der Waals surface area contributed by atoms with Crippen molar-refractivity contribution in [3.63, 3.8) is 0 Å². The van der Waals surface area contributed by atoms with E-state index in [-0.39, 0.29) is 21.7 Å². The van der Waals surface area contributed by atoms with Gasteiger partial charge in [-0.15, -0.1) is 49.2 Å². The van der Waals surface area contributed by atoms with Crippen LogP contribution >= 0.6 is 0 Å². The molecule has 0 unspecified atom stereocenters. The fraction of sp³-hybridized carbons (Fsp3) is 0.263. The van der Waals surface area contributed by atoms with Crippen LogP contribution in [0.4, 0.5) is 17.6 Å². The summed E-state index contributed by atoms with van der Waals surface area (Å²) in [6.45, 7) is 9.91. The Balaban J connectivity index is 0.000000162. The van der Waals surface area contributed by atoms with Crippen LogP contribution in [0.5, 0.6) is 0 Å². The molecule has 0 N–H and O–H groups in total. The molecule has 0 amide bonds. The molecule has 4 heterocycles. The summed E-state index contributed by atoms with van der Waals surface area (Å²) in [5, 5.41) is 0. The number of hydrogen-bond donors (Lipinski definition) is 0. The Bertz CT molecular complexity index is 1640. The van der Waals surface area contributed by atoms with Crippen LogP contribution in [0.15, 0.2) is 60.7 Å². The predicted molar refractivity (Wildman–Crippen MR) is 168 cm³/mol. The van der Waals surface area contributed by atoms with Crippen molar-refractivity contribution >= 4 is 0 Å². The first kappa shape index (κ1) is 36.2. The van der Waals surface area contributed by atoms with Crippen LogP contribution in [-0.4, -0.2) is 9.13 Å². The Labute approximate surface area is 288 Å². The number of fused-ring (bicyclic) bond motifs is 2. The van der Waals surface area contributed by atoms with Crippen LogP contribution in [0.1, 0.15) is 57.9 Å². The molecule has 9 heteroatoms. The van der Waals surface area contributed by atoms with Crippen molar-refractivity contribution in [2.75, 3.05) is 0 Å². The summed E-state index contributed by atoms with van der Waals surface area (Å²) >= 11 is 0. The van der Waals surface area contributed by atoms with Crippen molar-refractivity contribution < 1.29 is 48.8 Å². The molecule has 8 rings (SSSR count). The second kappa shape index (κ2) is 16.4. The van der Waals surface area contributed by atoms with Gasteiger partial charge in [0, 0.05) is 68.3 Å². The minimum atomic E-state index is -0.686. The molecule has 0 fully saturated rings. The van der Waals surface area contributed by atoms with E-state index in [4.69, 9.17) is 9.47 Å². The smallest absolute Gasteiger partial charge is 0.372 e. The molecule has 4 nitrogen and oxygen atoms in total. The second-order valence-electron chi connectivity index (χ2n) is 10.9. The van der Waals surface area contributed by atoms with Crippen molar-refractivity contribution in [1.29, 1.82) is 0 Å². The van der Waals surface area contributed by atoms with Crippen molar-refractivity contribution in [3.8, 4) is 11.4 Å². The number of aromatic nitrogens is 2. The van der Waals surface area contributed by atoms with Crippen molar-refractivity contribution in [2.24, 2.45) is 0 Å². The average molecular weight is 675 g/mol. The van der Waals surface area contributed by atoms with Crippen LogP contribution in [0.25, 0.3) is 11.4 Å². The number of halogens is 4. The first-order valence-corrected chi connectivity index (χ1v) is 14.9. The van der Waals surface area contributed by atoms with E-state index >= 15 is 0 Å². The first-order valence-electron chi connectivity index (χ1n) is 14.9. The van der Waals surface area contributed by atoms with Gasteiger partial charge in [-0.05, 0) is 39.1 Å². The van der Waals surface area contributed by atoms with Gasteiger partial charge in [0.15, 0.2) is 0 Å². The summed E-state index contributed by atoms with van der Waals surface area (Å²) < 4.78 is 67.8. The summed E-state index contributed by atoms with van der Waals surface area (Å²) in [5.74, 6) is -2.71. The van der Waals surface area contributed by atoms with Gasteiger partial charge in [-0.25, -0.2) is 41.9 Å². The van der Waals surface area contributed by atoms with Gasteiger partial charge < -0.3 is 18.6 Å². The molecule has 2 aliphatic heterocycles. The van der Waals surface area contributed by atoms with Crippen LogP contribution in [0, 0.1) is 75.2 Å². The fourth-order valence-electron chi connectivity index (χ4n) is 5.81. The van der Waals surface area contributed by atoms with Gasteiger partial charge in [-0.1, -0.05) is 0 Å². The molecule has 2 aliphatic carbocycles. The van der Waals surface area contributed by atoms with Crippen LogP contribution in [0.2, 0.25) is 0 Å². The Morgan fingerprint density at radius 1 is 0.553 bits per heavy atom. The maximum absolute atomic E-state index is 13.8. The summed E-state index contributed by atoms with van der Waals surface area (Å²) in [5.41, 5.74) is 8.87. The third kappa shape index (κ3) is 8.07. The maximum Gasteiger partial charge on any atom is 4.00 e. The number of ether oxygens (including phenoxy) is 2. The molecule has 0 atom stereocenters. The van der Waals surface area contributed by atoms with Gasteiger partial charge in [-0.2, -0.15) is 12.2 Å². The topological polar surface area (TPSA) is 28.3 Å². The molecule has 240 valence electrons. The average Bonchev–Trinajstić information content (AvgIpc) is 3.87. The summed E-state index contributed by atoms with van der Waals surface area (Å²) in [6.07, 6.45) is 20.0. The third-order valence-corrected chi connectivity index (χ3v) is 8.14. The normalized spacial score (nSPS) is 14.5. The molecule has 0 bridgehead atoms. The number of hydrogen-bond acceptors (Lipinski definition) is 2. The molecular formula is C38H34F4N2O2Ti. The molecular weight excluding hydrogens is 640 g/mol. The number of nitrogens with zero attached hydrogens (tertiary/aromatic N) is 2. The molecule has 0 saturated heterocycles. The van der Waals surface area contributed by atoms with E-state index in [0.29, 0.717) is 37.8 Å². The largest absolute Gasteiger partial charge is 4.00 e. The van der Waals surface area contributed by atoms with Gasteiger partial charge in [0.25, 0.3) is 0 Å². The standard InChI is InChI=1S/2C14H12F2NO.2C5H5.Ti/c2*1-8-11-6-18-7-12(11)9(2)17(8)14-4-3-10(15)5-13(14)16;2*1-2-4-5-3-1;/h2*3-4H,6-7H2,1-2H3;2*1-3H,4H2;/q4*-1;+4. The zero-order valence-electron chi connectivity index (χ0n) is 26.7. The molecule has 2 aromatic heterocycles. The van der Waals surface area contributed by atoms with Gasteiger partial charge in [0.05, 0.1) is 26.4 Å². The minimum absolute atomic E-state index is 0. The quantitative estimate of drug-likeness (QED) is 0.121. The summed E-state index contributed by atoms with van der Waals surface area (Å²) in [6, 6.07) is 9.47. The third-order valence-electron chi connectivity index (χ3n) is 8.14. The van der Waals surface area contributed by atoms with E-state index in [1.165, 1.54) is 24.3 Å². The first-order chi connectivity index (χ1) is 22.2. The van der Waals surface area contributed by atoms with Crippen LogP contribution in [0.3, 0.4) is 0 Å². The molecule has 2 aromatic carbocycles. The fourth-order valence-corrected chi connectivity index (χ4v) is 5.81.